The molecule has 16 heavy (non-hydrogen) atoms. The van der Waals surface area contributed by atoms with Gasteiger partial charge in [-0.15, -0.1) is 0 Å². The SMILES string of the molecule is CN(C(=O)c1ccsc1)c1ccccc1Cl. The predicted octanol–water partition coefficient (Wildman–Crippen LogP) is 3.68. The number of hydrogen-bond donors (Lipinski definition) is 0. The van der Waals surface area contributed by atoms with Gasteiger partial charge in [0.15, 0.2) is 0 Å². The highest BCUT2D eigenvalue weighted by Crippen LogP contribution is 2.25. The van der Waals surface area contributed by atoms with Gasteiger partial charge in [0.25, 0.3) is 5.91 Å². The van der Waals surface area contributed by atoms with E-state index in [9.17, 15) is 4.79 Å². The molecule has 1 aromatic carbocycles. The van der Waals surface area contributed by atoms with E-state index in [4.69, 9.17) is 11.6 Å². The van der Waals surface area contributed by atoms with Gasteiger partial charge < -0.3 is 4.90 Å². The Bertz CT molecular complexity index is 495. The minimum absolute atomic E-state index is 0.0469. The molecule has 0 aliphatic rings. The minimum atomic E-state index is -0.0469. The molecule has 2 nitrogen and oxygen atoms in total. The van der Waals surface area contributed by atoms with E-state index in [1.54, 1.807) is 24.1 Å². The van der Waals surface area contributed by atoms with E-state index in [1.165, 1.54) is 11.3 Å². The molecule has 0 spiro atoms. The highest BCUT2D eigenvalue weighted by atomic mass is 35.5. The van der Waals surface area contributed by atoms with Crippen LogP contribution in [-0.4, -0.2) is 13.0 Å². The molecular formula is C12H10ClNOS. The van der Waals surface area contributed by atoms with Crippen LogP contribution in [0.2, 0.25) is 5.02 Å². The van der Waals surface area contributed by atoms with Crippen molar-refractivity contribution in [3.05, 3.63) is 51.7 Å². The molecule has 1 amide bonds. The fourth-order valence-electron chi connectivity index (χ4n) is 1.41. The number of hydrogen-bond acceptors (Lipinski definition) is 2. The molecule has 0 bridgehead atoms. The Morgan fingerprint density at radius 1 is 1.31 bits per heavy atom. The van der Waals surface area contributed by atoms with Gasteiger partial charge in [-0.2, -0.15) is 11.3 Å². The van der Waals surface area contributed by atoms with Crippen LogP contribution in [0.5, 0.6) is 0 Å². The topological polar surface area (TPSA) is 20.3 Å². The van der Waals surface area contributed by atoms with Gasteiger partial charge in [-0.05, 0) is 23.6 Å². The summed E-state index contributed by atoms with van der Waals surface area (Å²) in [4.78, 5) is 13.6. The van der Waals surface area contributed by atoms with Crippen molar-refractivity contribution in [3.63, 3.8) is 0 Å². The summed E-state index contributed by atoms with van der Waals surface area (Å²) in [6, 6.07) is 9.11. The second kappa shape index (κ2) is 4.68. The fourth-order valence-corrected chi connectivity index (χ4v) is 2.31. The van der Waals surface area contributed by atoms with Crippen LogP contribution in [0.1, 0.15) is 10.4 Å². The lowest BCUT2D eigenvalue weighted by molar-refractivity contribution is 0.0993. The standard InChI is InChI=1S/C12H10ClNOS/c1-14(11-5-3-2-4-10(11)13)12(15)9-6-7-16-8-9/h2-8H,1H3. The molecular weight excluding hydrogens is 242 g/mol. The molecule has 1 heterocycles. The molecule has 4 heteroatoms. The molecule has 0 unspecified atom stereocenters. The Labute approximate surface area is 103 Å². The zero-order valence-corrected chi connectivity index (χ0v) is 10.3. The van der Waals surface area contributed by atoms with Gasteiger partial charge in [0.2, 0.25) is 0 Å². The number of nitrogens with zero attached hydrogens (tertiary/aromatic N) is 1. The van der Waals surface area contributed by atoms with Crippen LogP contribution >= 0.6 is 22.9 Å². The molecule has 0 aliphatic heterocycles. The van der Waals surface area contributed by atoms with Crippen molar-refractivity contribution in [3.8, 4) is 0 Å². The van der Waals surface area contributed by atoms with Crippen molar-refractivity contribution >= 4 is 34.5 Å². The van der Waals surface area contributed by atoms with E-state index >= 15 is 0 Å². The smallest absolute Gasteiger partial charge is 0.258 e. The van der Waals surface area contributed by atoms with E-state index in [-0.39, 0.29) is 5.91 Å². The Kier molecular flexibility index (Phi) is 3.27. The zero-order valence-electron chi connectivity index (χ0n) is 8.68. The molecule has 0 fully saturated rings. The van der Waals surface area contributed by atoms with Crippen molar-refractivity contribution in [2.45, 2.75) is 0 Å². The Morgan fingerprint density at radius 3 is 2.69 bits per heavy atom. The van der Waals surface area contributed by atoms with Crippen molar-refractivity contribution in [2.24, 2.45) is 0 Å². The molecule has 0 saturated heterocycles. The number of rotatable bonds is 2. The third-order valence-corrected chi connectivity index (χ3v) is 3.29. The molecule has 0 aliphatic carbocycles. The van der Waals surface area contributed by atoms with Crippen LogP contribution in [0.3, 0.4) is 0 Å². The van der Waals surface area contributed by atoms with Crippen LogP contribution in [0.4, 0.5) is 5.69 Å². The van der Waals surface area contributed by atoms with Crippen molar-refractivity contribution < 1.29 is 4.79 Å². The van der Waals surface area contributed by atoms with E-state index in [0.717, 1.165) is 5.69 Å². The first-order valence-electron chi connectivity index (χ1n) is 4.75. The number of benzene rings is 1. The third kappa shape index (κ3) is 2.10. The maximum Gasteiger partial charge on any atom is 0.258 e. The summed E-state index contributed by atoms with van der Waals surface area (Å²) in [5.41, 5.74) is 1.41. The summed E-state index contributed by atoms with van der Waals surface area (Å²) < 4.78 is 0. The van der Waals surface area contributed by atoms with Crippen LogP contribution in [-0.2, 0) is 0 Å². The molecule has 0 saturated carbocycles. The summed E-state index contributed by atoms with van der Waals surface area (Å²) in [5, 5.41) is 4.29. The number of anilines is 1. The summed E-state index contributed by atoms with van der Waals surface area (Å²) >= 11 is 7.54. The normalized spacial score (nSPS) is 10.1. The monoisotopic (exact) mass is 251 g/mol. The molecule has 2 rings (SSSR count). The number of carbonyl (C=O) groups excluding carboxylic acids is 1. The van der Waals surface area contributed by atoms with Gasteiger partial charge in [-0.3, -0.25) is 4.79 Å². The van der Waals surface area contributed by atoms with Gasteiger partial charge in [-0.1, -0.05) is 23.7 Å². The van der Waals surface area contributed by atoms with Crippen molar-refractivity contribution in [1.29, 1.82) is 0 Å². The number of amides is 1. The van der Waals surface area contributed by atoms with Crippen LogP contribution in [0, 0.1) is 0 Å². The van der Waals surface area contributed by atoms with E-state index in [1.807, 2.05) is 29.0 Å². The fraction of sp³-hybridized carbons (Fsp3) is 0.0833. The Balaban J connectivity index is 2.30. The summed E-state index contributed by atoms with van der Waals surface area (Å²) in [5.74, 6) is -0.0469. The van der Waals surface area contributed by atoms with E-state index in [0.29, 0.717) is 10.6 Å². The molecule has 0 radical (unpaired) electrons. The first-order chi connectivity index (χ1) is 7.70. The summed E-state index contributed by atoms with van der Waals surface area (Å²) in [6.07, 6.45) is 0. The number of thiophene rings is 1. The maximum atomic E-state index is 12.0. The molecule has 82 valence electrons. The number of halogens is 1. The number of para-hydroxylation sites is 1. The van der Waals surface area contributed by atoms with Crippen LogP contribution < -0.4 is 4.90 Å². The lowest BCUT2D eigenvalue weighted by Gasteiger charge is -2.17. The lowest BCUT2D eigenvalue weighted by Crippen LogP contribution is -2.25. The largest absolute Gasteiger partial charge is 0.310 e. The summed E-state index contributed by atoms with van der Waals surface area (Å²) in [7, 11) is 1.72. The quantitative estimate of drug-likeness (QED) is 0.797. The maximum absolute atomic E-state index is 12.0. The molecule has 2 aromatic rings. The van der Waals surface area contributed by atoms with Gasteiger partial charge in [0, 0.05) is 12.4 Å². The average molecular weight is 252 g/mol. The van der Waals surface area contributed by atoms with Gasteiger partial charge in [-0.25, -0.2) is 0 Å². The summed E-state index contributed by atoms with van der Waals surface area (Å²) in [6.45, 7) is 0. The second-order valence-electron chi connectivity index (χ2n) is 3.33. The third-order valence-electron chi connectivity index (χ3n) is 2.29. The Hall–Kier alpha value is -1.32. The Morgan fingerprint density at radius 2 is 2.06 bits per heavy atom. The van der Waals surface area contributed by atoms with Crippen molar-refractivity contribution in [2.75, 3.05) is 11.9 Å². The zero-order chi connectivity index (χ0) is 11.5. The van der Waals surface area contributed by atoms with Crippen molar-refractivity contribution in [1.82, 2.24) is 0 Å². The highest BCUT2D eigenvalue weighted by Gasteiger charge is 2.15. The lowest BCUT2D eigenvalue weighted by atomic mass is 10.2. The predicted molar refractivity (Wildman–Crippen MR) is 68.5 cm³/mol. The second-order valence-corrected chi connectivity index (χ2v) is 4.51. The van der Waals surface area contributed by atoms with Gasteiger partial charge in [0.05, 0.1) is 16.3 Å². The highest BCUT2D eigenvalue weighted by molar-refractivity contribution is 7.08. The van der Waals surface area contributed by atoms with Crippen LogP contribution in [0.15, 0.2) is 41.1 Å². The number of carbonyl (C=O) groups is 1. The molecule has 0 N–H and O–H groups in total. The molecule has 1 aromatic heterocycles. The minimum Gasteiger partial charge on any atom is -0.310 e. The van der Waals surface area contributed by atoms with Crippen LogP contribution in [0.25, 0.3) is 0 Å². The first-order valence-corrected chi connectivity index (χ1v) is 6.07. The average Bonchev–Trinajstić information content (AvgIpc) is 2.81. The first kappa shape index (κ1) is 11.2. The van der Waals surface area contributed by atoms with E-state index < -0.39 is 0 Å². The van der Waals surface area contributed by atoms with Gasteiger partial charge >= 0.3 is 0 Å². The van der Waals surface area contributed by atoms with E-state index in [2.05, 4.69) is 0 Å². The molecule has 0 atom stereocenters. The van der Waals surface area contributed by atoms with Gasteiger partial charge in [0.1, 0.15) is 0 Å².